The van der Waals surface area contributed by atoms with Gasteiger partial charge in [0.05, 0.1) is 0 Å². The molecule has 0 aliphatic heterocycles. The molecule has 3 N–H and O–H groups in total. The third-order valence-electron chi connectivity index (χ3n) is 2.85. The molecule has 18 heavy (non-hydrogen) atoms. The molecule has 0 heterocycles. The third-order valence-corrected chi connectivity index (χ3v) is 2.85. The molecular weight excluding hydrogens is 232 g/mol. The van der Waals surface area contributed by atoms with Crippen LogP contribution in [-0.4, -0.2) is 29.2 Å². The van der Waals surface area contributed by atoms with Gasteiger partial charge in [0.25, 0.3) is 0 Å². The average Bonchev–Trinajstić information content (AvgIpc) is 2.22. The first kappa shape index (κ1) is 16.2. The smallest absolute Gasteiger partial charge is 0.405 e. The van der Waals surface area contributed by atoms with Gasteiger partial charge in [-0.1, -0.05) is 32.9 Å². The molecule has 0 aromatic rings. The molecule has 0 aliphatic rings. The largest absolute Gasteiger partial charge is 0.465 e. The maximum Gasteiger partial charge on any atom is 0.405 e. The van der Waals surface area contributed by atoms with E-state index in [1.165, 1.54) is 6.08 Å². The van der Waals surface area contributed by atoms with Crippen LogP contribution in [0.2, 0.25) is 0 Å². The van der Waals surface area contributed by atoms with Crippen LogP contribution in [0.5, 0.6) is 0 Å². The summed E-state index contributed by atoms with van der Waals surface area (Å²) in [5, 5.41) is 13.9. The van der Waals surface area contributed by atoms with E-state index in [0.717, 1.165) is 0 Å². The van der Waals surface area contributed by atoms with Crippen LogP contribution >= 0.6 is 0 Å². The normalized spacial score (nSPS) is 14.2. The van der Waals surface area contributed by atoms with Gasteiger partial charge in [-0.05, 0) is 11.8 Å². The SMILES string of the molecule is C=CCNC(=O)[C@@](CC=C)(NC(=O)O)C(C)(C)C. The fourth-order valence-corrected chi connectivity index (χ4v) is 1.75. The van der Waals surface area contributed by atoms with Crippen molar-refractivity contribution < 1.29 is 14.7 Å². The van der Waals surface area contributed by atoms with Crippen LogP contribution in [-0.2, 0) is 4.79 Å². The highest BCUT2D eigenvalue weighted by Crippen LogP contribution is 2.34. The molecule has 0 saturated heterocycles. The Labute approximate surface area is 108 Å². The Bertz CT molecular complexity index is 345. The molecule has 1 atom stereocenters. The monoisotopic (exact) mass is 254 g/mol. The van der Waals surface area contributed by atoms with Gasteiger partial charge < -0.3 is 15.7 Å². The van der Waals surface area contributed by atoms with Crippen molar-refractivity contribution in [3.05, 3.63) is 25.3 Å². The summed E-state index contributed by atoms with van der Waals surface area (Å²) in [6.45, 7) is 12.8. The van der Waals surface area contributed by atoms with Gasteiger partial charge in [-0.3, -0.25) is 4.79 Å². The van der Waals surface area contributed by atoms with Gasteiger partial charge in [0.1, 0.15) is 5.54 Å². The minimum absolute atomic E-state index is 0.214. The van der Waals surface area contributed by atoms with E-state index in [-0.39, 0.29) is 18.9 Å². The van der Waals surface area contributed by atoms with E-state index in [1.807, 2.05) is 0 Å². The summed E-state index contributed by atoms with van der Waals surface area (Å²) in [5.41, 5.74) is -1.84. The lowest BCUT2D eigenvalue weighted by molar-refractivity contribution is -0.131. The summed E-state index contributed by atoms with van der Waals surface area (Å²) < 4.78 is 0. The number of rotatable bonds is 6. The maximum absolute atomic E-state index is 12.3. The van der Waals surface area contributed by atoms with E-state index in [4.69, 9.17) is 5.11 Å². The van der Waals surface area contributed by atoms with Gasteiger partial charge in [-0.25, -0.2) is 4.79 Å². The Kier molecular flexibility index (Phi) is 5.62. The molecule has 0 saturated carbocycles. The van der Waals surface area contributed by atoms with Crippen molar-refractivity contribution in [3.8, 4) is 0 Å². The van der Waals surface area contributed by atoms with Crippen molar-refractivity contribution in [1.82, 2.24) is 10.6 Å². The first-order valence-corrected chi connectivity index (χ1v) is 5.72. The Balaban J connectivity index is 5.44. The zero-order valence-corrected chi connectivity index (χ0v) is 11.2. The van der Waals surface area contributed by atoms with E-state index in [9.17, 15) is 9.59 Å². The van der Waals surface area contributed by atoms with Gasteiger partial charge >= 0.3 is 6.09 Å². The summed E-state index contributed by atoms with van der Waals surface area (Å²) >= 11 is 0. The van der Waals surface area contributed by atoms with E-state index >= 15 is 0 Å². The number of hydrogen-bond acceptors (Lipinski definition) is 2. The molecule has 0 aliphatic carbocycles. The minimum Gasteiger partial charge on any atom is -0.465 e. The number of carboxylic acid groups (broad SMARTS) is 1. The molecule has 5 heteroatoms. The van der Waals surface area contributed by atoms with Crippen molar-refractivity contribution in [2.45, 2.75) is 32.7 Å². The van der Waals surface area contributed by atoms with E-state index in [0.29, 0.717) is 0 Å². The number of amides is 2. The highest BCUT2D eigenvalue weighted by molar-refractivity contribution is 5.90. The van der Waals surface area contributed by atoms with Crippen molar-refractivity contribution in [1.29, 1.82) is 0 Å². The van der Waals surface area contributed by atoms with Crippen molar-refractivity contribution >= 4 is 12.0 Å². The molecule has 0 aromatic carbocycles. The van der Waals surface area contributed by atoms with Crippen LogP contribution in [0.1, 0.15) is 27.2 Å². The molecule has 0 fully saturated rings. The lowest BCUT2D eigenvalue weighted by Crippen LogP contribution is -2.65. The molecule has 0 spiro atoms. The lowest BCUT2D eigenvalue weighted by Gasteiger charge is -2.42. The molecule has 0 aromatic heterocycles. The van der Waals surface area contributed by atoms with Gasteiger partial charge in [-0.15, -0.1) is 13.2 Å². The maximum atomic E-state index is 12.3. The molecule has 0 unspecified atom stereocenters. The minimum atomic E-state index is -1.25. The number of carbonyl (C=O) groups excluding carboxylic acids is 1. The Morgan fingerprint density at radius 3 is 2.11 bits per heavy atom. The number of hydrogen-bond donors (Lipinski definition) is 3. The second-order valence-electron chi connectivity index (χ2n) is 5.08. The van der Waals surface area contributed by atoms with Crippen LogP contribution in [0.4, 0.5) is 4.79 Å². The highest BCUT2D eigenvalue weighted by atomic mass is 16.4. The van der Waals surface area contributed by atoms with Crippen LogP contribution in [0.3, 0.4) is 0 Å². The van der Waals surface area contributed by atoms with Crippen LogP contribution < -0.4 is 10.6 Å². The summed E-state index contributed by atoms with van der Waals surface area (Å²) in [6.07, 6.45) is 2.06. The fraction of sp³-hybridized carbons (Fsp3) is 0.538. The predicted octanol–water partition coefficient (Wildman–Crippen LogP) is 1.92. The summed E-state index contributed by atoms with van der Waals surface area (Å²) in [6, 6.07) is 0. The molecule has 0 radical (unpaired) electrons. The van der Waals surface area contributed by atoms with Crippen molar-refractivity contribution in [2.75, 3.05) is 6.54 Å². The second-order valence-corrected chi connectivity index (χ2v) is 5.08. The standard InChI is InChI=1S/C13H22N2O3/c1-6-8-13(12(3,4)5,15-11(17)18)10(16)14-9-7-2/h6-7,15H,1-2,8-9H2,3-5H3,(H,14,16)(H,17,18)/t13-/m1/s1. The van der Waals surface area contributed by atoms with E-state index < -0.39 is 17.0 Å². The molecule has 0 rings (SSSR count). The summed E-state index contributed by atoms with van der Waals surface area (Å²) in [4.78, 5) is 23.2. The predicted molar refractivity (Wildman–Crippen MR) is 71.4 cm³/mol. The van der Waals surface area contributed by atoms with Crippen molar-refractivity contribution in [3.63, 3.8) is 0 Å². The van der Waals surface area contributed by atoms with Gasteiger partial charge in [0.15, 0.2) is 0 Å². The Morgan fingerprint density at radius 1 is 1.22 bits per heavy atom. The summed E-state index contributed by atoms with van der Waals surface area (Å²) in [7, 11) is 0. The van der Waals surface area contributed by atoms with Gasteiger partial charge in [-0.2, -0.15) is 0 Å². The number of carbonyl (C=O) groups is 2. The first-order valence-electron chi connectivity index (χ1n) is 5.72. The number of nitrogens with one attached hydrogen (secondary N) is 2. The molecular formula is C13H22N2O3. The highest BCUT2D eigenvalue weighted by Gasteiger charge is 2.48. The van der Waals surface area contributed by atoms with Crippen LogP contribution in [0, 0.1) is 5.41 Å². The van der Waals surface area contributed by atoms with Crippen molar-refractivity contribution in [2.24, 2.45) is 5.41 Å². The average molecular weight is 254 g/mol. The summed E-state index contributed by atoms with van der Waals surface area (Å²) in [5.74, 6) is -0.378. The molecule has 5 nitrogen and oxygen atoms in total. The van der Waals surface area contributed by atoms with E-state index in [1.54, 1.807) is 26.8 Å². The lowest BCUT2D eigenvalue weighted by atomic mass is 9.70. The van der Waals surface area contributed by atoms with Crippen LogP contribution in [0.15, 0.2) is 25.3 Å². The third kappa shape index (κ3) is 3.61. The van der Waals surface area contributed by atoms with E-state index in [2.05, 4.69) is 23.8 Å². The molecule has 0 bridgehead atoms. The fourth-order valence-electron chi connectivity index (χ4n) is 1.75. The zero-order valence-electron chi connectivity index (χ0n) is 11.2. The topological polar surface area (TPSA) is 78.4 Å². The van der Waals surface area contributed by atoms with Crippen LogP contribution in [0.25, 0.3) is 0 Å². The second kappa shape index (κ2) is 6.23. The zero-order chi connectivity index (χ0) is 14.4. The Morgan fingerprint density at radius 2 is 1.78 bits per heavy atom. The Hall–Kier alpha value is -1.78. The first-order chi connectivity index (χ1) is 8.21. The van der Waals surface area contributed by atoms with Gasteiger partial charge in [0, 0.05) is 6.54 Å². The quantitative estimate of drug-likeness (QED) is 0.634. The van der Waals surface area contributed by atoms with Gasteiger partial charge in [0.2, 0.25) is 5.91 Å². The molecule has 2 amide bonds. The molecule has 102 valence electrons.